The molecule has 0 bridgehead atoms. The van der Waals surface area contributed by atoms with E-state index in [4.69, 9.17) is 0 Å². The van der Waals surface area contributed by atoms with E-state index in [1.165, 1.54) is 0 Å². The van der Waals surface area contributed by atoms with Crippen LogP contribution >= 0.6 is 0 Å². The number of hydrogen-bond donors (Lipinski definition) is 2. The molecule has 2 heterocycles. The molecule has 3 nitrogen and oxygen atoms in total. The van der Waals surface area contributed by atoms with Gasteiger partial charge in [-0.15, -0.1) is 0 Å². The Balaban J connectivity index is 2.36. The minimum Gasteiger partial charge on any atom is -0.506 e. The van der Waals surface area contributed by atoms with Crippen LogP contribution in [0.2, 0.25) is 0 Å². The lowest BCUT2D eigenvalue weighted by atomic mass is 10.1. The number of aliphatic hydroxyl groups excluding tert-OH is 1. The Kier molecular flexibility index (Phi) is 1.76. The number of benzene rings is 1. The molecule has 1 aliphatic rings. The van der Waals surface area contributed by atoms with Crippen LogP contribution < -0.4 is 0 Å². The summed E-state index contributed by atoms with van der Waals surface area (Å²) in [5.41, 5.74) is 1.78. The number of fused-ring (bicyclic) bond motifs is 3. The molecular formula is C12H13NO2. The molecule has 0 radical (unpaired) electrons. The maximum atomic E-state index is 9.85. The molecule has 2 aromatic rings. The molecule has 1 aromatic heterocycles. The van der Waals surface area contributed by atoms with Crippen LogP contribution in [0.15, 0.2) is 24.3 Å². The Morgan fingerprint density at radius 1 is 1.33 bits per heavy atom. The summed E-state index contributed by atoms with van der Waals surface area (Å²) in [6.07, 6.45) is 1.40. The maximum absolute atomic E-state index is 9.85. The van der Waals surface area contributed by atoms with Crippen molar-refractivity contribution in [3.8, 4) is 5.75 Å². The third-order valence-electron chi connectivity index (χ3n) is 3.13. The van der Waals surface area contributed by atoms with E-state index in [0.29, 0.717) is 5.75 Å². The number of aryl methyl sites for hydroxylation is 1. The highest BCUT2D eigenvalue weighted by atomic mass is 16.3. The number of phenols is 1. The predicted molar refractivity (Wildman–Crippen MR) is 57.8 cm³/mol. The first-order valence-corrected chi connectivity index (χ1v) is 5.26. The first kappa shape index (κ1) is 8.80. The predicted octanol–water partition coefficient (Wildman–Crippen LogP) is 2.17. The van der Waals surface area contributed by atoms with E-state index >= 15 is 0 Å². The Morgan fingerprint density at radius 2 is 2.20 bits per heavy atom. The molecule has 2 N–H and O–H groups in total. The van der Waals surface area contributed by atoms with Crippen LogP contribution in [0.1, 0.15) is 24.6 Å². The van der Waals surface area contributed by atoms with Crippen LogP contribution in [0.3, 0.4) is 0 Å². The molecule has 1 atom stereocenters. The van der Waals surface area contributed by atoms with Gasteiger partial charge in [0.25, 0.3) is 0 Å². The van der Waals surface area contributed by atoms with Crippen LogP contribution in [-0.4, -0.2) is 14.8 Å². The third kappa shape index (κ3) is 1.16. The molecule has 0 fully saturated rings. The molecular weight excluding hydrogens is 190 g/mol. The van der Waals surface area contributed by atoms with Crippen molar-refractivity contribution in [3.05, 3.63) is 30.0 Å². The molecule has 1 unspecified atom stereocenters. The molecule has 0 aliphatic carbocycles. The number of hydrogen-bond acceptors (Lipinski definition) is 2. The van der Waals surface area contributed by atoms with Gasteiger partial charge in [0, 0.05) is 17.6 Å². The Bertz CT molecular complexity index is 516. The van der Waals surface area contributed by atoms with E-state index in [-0.39, 0.29) is 6.10 Å². The fourth-order valence-corrected chi connectivity index (χ4v) is 2.43. The normalized spacial score (nSPS) is 20.5. The maximum Gasteiger partial charge on any atom is 0.139 e. The largest absolute Gasteiger partial charge is 0.506 e. The fraction of sp³-hybridized carbons (Fsp3) is 0.333. The molecule has 1 aliphatic heterocycles. The first-order chi connectivity index (χ1) is 7.27. The van der Waals surface area contributed by atoms with Crippen molar-refractivity contribution < 1.29 is 10.2 Å². The van der Waals surface area contributed by atoms with Crippen molar-refractivity contribution in [1.29, 1.82) is 0 Å². The Labute approximate surface area is 87.6 Å². The Morgan fingerprint density at radius 3 is 3.07 bits per heavy atom. The molecule has 0 saturated heterocycles. The second-order valence-electron chi connectivity index (χ2n) is 4.09. The van der Waals surface area contributed by atoms with Gasteiger partial charge < -0.3 is 14.8 Å². The average molecular weight is 203 g/mol. The summed E-state index contributed by atoms with van der Waals surface area (Å²) in [5, 5.41) is 20.7. The monoisotopic (exact) mass is 203 g/mol. The van der Waals surface area contributed by atoms with Crippen LogP contribution in [-0.2, 0) is 6.54 Å². The highest BCUT2D eigenvalue weighted by Gasteiger charge is 2.21. The number of aromatic nitrogens is 1. The van der Waals surface area contributed by atoms with Gasteiger partial charge in [-0.25, -0.2) is 0 Å². The summed E-state index contributed by atoms with van der Waals surface area (Å²) < 4.78 is 2.03. The third-order valence-corrected chi connectivity index (χ3v) is 3.13. The quantitative estimate of drug-likeness (QED) is 0.689. The fourth-order valence-electron chi connectivity index (χ4n) is 2.43. The van der Waals surface area contributed by atoms with Gasteiger partial charge in [0.2, 0.25) is 0 Å². The summed E-state index contributed by atoms with van der Waals surface area (Å²) >= 11 is 0. The minimum atomic E-state index is -0.384. The summed E-state index contributed by atoms with van der Waals surface area (Å²) in [6.45, 7) is 0.882. The lowest BCUT2D eigenvalue weighted by molar-refractivity contribution is 0.140. The van der Waals surface area contributed by atoms with Crippen LogP contribution in [0.25, 0.3) is 10.9 Å². The molecule has 15 heavy (non-hydrogen) atoms. The number of nitrogens with zero attached hydrogens (tertiary/aromatic N) is 1. The van der Waals surface area contributed by atoms with Crippen molar-refractivity contribution in [1.82, 2.24) is 4.57 Å². The lowest BCUT2D eigenvalue weighted by Crippen LogP contribution is -2.14. The van der Waals surface area contributed by atoms with E-state index in [9.17, 15) is 10.2 Å². The van der Waals surface area contributed by atoms with Gasteiger partial charge in [-0.1, -0.05) is 12.1 Å². The van der Waals surface area contributed by atoms with Gasteiger partial charge in [0.1, 0.15) is 5.75 Å². The zero-order chi connectivity index (χ0) is 10.4. The number of aliphatic hydroxyl groups is 1. The molecule has 0 amide bonds. The standard InChI is InChI=1S/C12H13NO2/c14-10-5-2-6-13-9(10)7-8-3-1-4-11(15)12(8)13/h1,3-4,7,10,14-15H,2,5-6H2. The molecule has 3 rings (SSSR count). The molecule has 0 saturated carbocycles. The lowest BCUT2D eigenvalue weighted by Gasteiger charge is -2.21. The number of para-hydroxylation sites is 1. The van der Waals surface area contributed by atoms with Crippen molar-refractivity contribution in [2.24, 2.45) is 0 Å². The SMILES string of the molecule is Oc1cccc2cc3n(c12)CCCC3O. The van der Waals surface area contributed by atoms with Gasteiger partial charge >= 0.3 is 0 Å². The highest BCUT2D eigenvalue weighted by molar-refractivity contribution is 5.86. The molecule has 0 spiro atoms. The average Bonchev–Trinajstić information content (AvgIpc) is 2.59. The summed E-state index contributed by atoms with van der Waals surface area (Å²) in [6, 6.07) is 7.46. The van der Waals surface area contributed by atoms with Crippen LogP contribution in [0, 0.1) is 0 Å². The second kappa shape index (κ2) is 3.00. The van der Waals surface area contributed by atoms with E-state index in [1.807, 2.05) is 22.8 Å². The van der Waals surface area contributed by atoms with Gasteiger partial charge in [0.15, 0.2) is 0 Å². The van der Waals surface area contributed by atoms with Gasteiger partial charge in [-0.05, 0) is 25.0 Å². The minimum absolute atomic E-state index is 0.299. The van der Waals surface area contributed by atoms with Gasteiger partial charge in [-0.2, -0.15) is 0 Å². The van der Waals surface area contributed by atoms with Crippen LogP contribution in [0.5, 0.6) is 5.75 Å². The zero-order valence-corrected chi connectivity index (χ0v) is 8.35. The van der Waals surface area contributed by atoms with Crippen molar-refractivity contribution in [3.63, 3.8) is 0 Å². The number of aromatic hydroxyl groups is 1. The molecule has 1 aromatic carbocycles. The zero-order valence-electron chi connectivity index (χ0n) is 8.35. The Hall–Kier alpha value is -1.48. The number of rotatable bonds is 0. The van der Waals surface area contributed by atoms with Crippen molar-refractivity contribution in [2.45, 2.75) is 25.5 Å². The smallest absolute Gasteiger partial charge is 0.139 e. The van der Waals surface area contributed by atoms with E-state index in [2.05, 4.69) is 0 Å². The van der Waals surface area contributed by atoms with E-state index < -0.39 is 0 Å². The molecule has 78 valence electrons. The van der Waals surface area contributed by atoms with Crippen molar-refractivity contribution >= 4 is 10.9 Å². The topological polar surface area (TPSA) is 45.4 Å². The van der Waals surface area contributed by atoms with Crippen LogP contribution in [0.4, 0.5) is 0 Å². The summed E-state index contributed by atoms with van der Waals surface area (Å²) in [4.78, 5) is 0. The highest BCUT2D eigenvalue weighted by Crippen LogP contribution is 2.34. The van der Waals surface area contributed by atoms with Gasteiger partial charge in [-0.3, -0.25) is 0 Å². The molecule has 3 heteroatoms. The summed E-state index contributed by atoms with van der Waals surface area (Å²) in [7, 11) is 0. The van der Waals surface area contributed by atoms with Crippen molar-refractivity contribution in [2.75, 3.05) is 0 Å². The van der Waals surface area contributed by atoms with E-state index in [1.54, 1.807) is 6.07 Å². The van der Waals surface area contributed by atoms with E-state index in [0.717, 1.165) is 36.0 Å². The van der Waals surface area contributed by atoms with Gasteiger partial charge in [0.05, 0.1) is 11.6 Å². The summed E-state index contributed by atoms with van der Waals surface area (Å²) in [5.74, 6) is 0.299. The first-order valence-electron chi connectivity index (χ1n) is 5.26. The second-order valence-corrected chi connectivity index (χ2v) is 4.09. The number of phenolic OH excluding ortho intramolecular Hbond substituents is 1.